The molecular weight excluding hydrogens is 560 g/mol. The van der Waals surface area contributed by atoms with Crippen LogP contribution in [0.1, 0.15) is 55.2 Å². The van der Waals surface area contributed by atoms with Gasteiger partial charge in [0.2, 0.25) is 0 Å². The van der Waals surface area contributed by atoms with E-state index in [2.05, 4.69) is 15.0 Å². The highest BCUT2D eigenvalue weighted by atomic mass is 35.5. The number of nitrogens with zero attached hydrogens (tertiary/aromatic N) is 7. The Morgan fingerprint density at radius 3 is 2.10 bits per heavy atom. The topological polar surface area (TPSA) is 134 Å². The lowest BCUT2D eigenvalue weighted by Crippen LogP contribution is -2.37. The molecule has 1 aliphatic carbocycles. The van der Waals surface area contributed by atoms with E-state index in [-0.39, 0.29) is 16.8 Å². The maximum absolute atomic E-state index is 12.3. The lowest BCUT2D eigenvalue weighted by atomic mass is 9.89. The lowest BCUT2D eigenvalue weighted by Gasteiger charge is -2.18. The van der Waals surface area contributed by atoms with Gasteiger partial charge in [0.15, 0.2) is 16.8 Å². The van der Waals surface area contributed by atoms with Crippen molar-refractivity contribution in [2.24, 2.45) is 35.2 Å². The third-order valence-corrected chi connectivity index (χ3v) is 8.12. The smallest absolute Gasteiger partial charge is 0.332 e. The molecule has 0 saturated heterocycles. The lowest BCUT2D eigenvalue weighted by molar-refractivity contribution is 0.431. The molecule has 220 valence electrons. The second-order valence-corrected chi connectivity index (χ2v) is 11.1. The van der Waals surface area contributed by atoms with E-state index in [1.807, 2.05) is 24.3 Å². The summed E-state index contributed by atoms with van der Waals surface area (Å²) in [6.45, 7) is 0. The maximum Gasteiger partial charge on any atom is 0.332 e. The fourth-order valence-electron chi connectivity index (χ4n) is 5.38. The van der Waals surface area contributed by atoms with Gasteiger partial charge in [0.05, 0.1) is 0 Å². The molecule has 13 heteroatoms. The Hall–Kier alpha value is -4.45. The predicted octanol–water partition coefficient (Wildman–Crippen LogP) is 2.80. The van der Waals surface area contributed by atoms with Crippen molar-refractivity contribution < 1.29 is 0 Å². The molecule has 5 aromatic rings. The molecule has 12 nitrogen and oxygen atoms in total. The Morgan fingerprint density at radius 1 is 0.786 bits per heavy atom. The Balaban J connectivity index is 0.000000171. The van der Waals surface area contributed by atoms with Crippen LogP contribution in [0.4, 0.5) is 0 Å². The molecule has 1 aliphatic rings. The highest BCUT2D eigenvalue weighted by molar-refractivity contribution is 6.30. The van der Waals surface area contributed by atoms with Crippen molar-refractivity contribution >= 4 is 46.1 Å². The van der Waals surface area contributed by atoms with E-state index < -0.39 is 5.69 Å². The molecule has 0 radical (unpaired) electrons. The van der Waals surface area contributed by atoms with Gasteiger partial charge < -0.3 is 9.55 Å². The summed E-state index contributed by atoms with van der Waals surface area (Å²) in [6.07, 6.45) is 9.54. The minimum absolute atomic E-state index is 0.298. The van der Waals surface area contributed by atoms with Crippen molar-refractivity contribution in [1.29, 1.82) is 0 Å². The molecule has 0 amide bonds. The van der Waals surface area contributed by atoms with Gasteiger partial charge in [-0.3, -0.25) is 27.9 Å². The molecule has 0 unspecified atom stereocenters. The summed E-state index contributed by atoms with van der Waals surface area (Å²) in [5.41, 5.74) is 1.19. The first-order valence-corrected chi connectivity index (χ1v) is 14.1. The number of imidazole rings is 2. The van der Waals surface area contributed by atoms with Crippen molar-refractivity contribution in [2.45, 2.75) is 38.0 Å². The standard InChI is InChI=1S/C16H15ClN4O2.C13H18N4O2/c1-19-12(8-7-10-5-4-6-11(17)9-10)18-14-13(19)15(22)21(3)16(23)20(14)2;1-16-11-9(12(18)17(2)13(16)19)14-10(15-11)8-6-4-3-5-7-8/h4-9H,1-3H3;8H,3-7H2,1-2H3,(H,14,15). The fourth-order valence-corrected chi connectivity index (χ4v) is 5.58. The van der Waals surface area contributed by atoms with Crippen molar-refractivity contribution in [3.63, 3.8) is 0 Å². The zero-order chi connectivity index (χ0) is 30.3. The molecule has 1 saturated carbocycles. The molecule has 1 fully saturated rings. The van der Waals surface area contributed by atoms with Crippen LogP contribution in [0.25, 0.3) is 34.5 Å². The molecule has 1 N–H and O–H groups in total. The second-order valence-electron chi connectivity index (χ2n) is 10.7. The number of hydrogen-bond acceptors (Lipinski definition) is 6. The maximum atomic E-state index is 12.3. The van der Waals surface area contributed by atoms with Crippen LogP contribution < -0.4 is 22.5 Å². The van der Waals surface area contributed by atoms with E-state index in [0.29, 0.717) is 39.1 Å². The molecule has 0 bridgehead atoms. The third-order valence-electron chi connectivity index (χ3n) is 7.89. The van der Waals surface area contributed by atoms with Gasteiger partial charge in [0.25, 0.3) is 11.1 Å². The van der Waals surface area contributed by atoms with Gasteiger partial charge in [0.1, 0.15) is 17.2 Å². The number of halogens is 1. The predicted molar refractivity (Wildman–Crippen MR) is 164 cm³/mol. The largest absolute Gasteiger partial charge is 0.336 e. The summed E-state index contributed by atoms with van der Waals surface area (Å²) < 4.78 is 6.67. The zero-order valence-corrected chi connectivity index (χ0v) is 25.0. The number of aromatic nitrogens is 8. The van der Waals surface area contributed by atoms with E-state index in [9.17, 15) is 19.2 Å². The Bertz CT molecular complexity index is 2080. The first kappa shape index (κ1) is 29.1. The number of aromatic amines is 1. The second kappa shape index (κ2) is 11.4. The summed E-state index contributed by atoms with van der Waals surface area (Å²) >= 11 is 5.96. The van der Waals surface area contributed by atoms with Crippen molar-refractivity contribution in [3.05, 3.63) is 88.2 Å². The summed E-state index contributed by atoms with van der Waals surface area (Å²) in [6, 6.07) is 7.40. The Kier molecular flexibility index (Phi) is 7.91. The number of fused-ring (bicyclic) bond motifs is 2. The van der Waals surface area contributed by atoms with Gasteiger partial charge in [-0.1, -0.05) is 49.1 Å². The molecular formula is C29H33ClN8O4. The van der Waals surface area contributed by atoms with Crippen LogP contribution in [0.15, 0.2) is 43.4 Å². The molecule has 4 heterocycles. The third kappa shape index (κ3) is 5.18. The quantitative estimate of drug-likeness (QED) is 0.342. The van der Waals surface area contributed by atoms with E-state index in [4.69, 9.17) is 11.6 Å². The molecule has 42 heavy (non-hydrogen) atoms. The normalized spacial score (nSPS) is 14.1. The van der Waals surface area contributed by atoms with Gasteiger partial charge >= 0.3 is 11.4 Å². The molecule has 0 spiro atoms. The first-order valence-electron chi connectivity index (χ1n) is 13.7. The SMILES string of the molecule is Cn1c(=O)c2[nH]c(C3CCCCC3)nc2n(C)c1=O.Cn1c(=O)c2c(nc(C=Cc3cccc(Cl)c3)n2C)n(C)c1=O. The minimum Gasteiger partial charge on any atom is -0.336 e. The van der Waals surface area contributed by atoms with Gasteiger partial charge in [-0.2, -0.15) is 0 Å². The van der Waals surface area contributed by atoms with Crippen LogP contribution >= 0.6 is 11.6 Å². The molecule has 0 aliphatic heterocycles. The van der Waals surface area contributed by atoms with E-state index in [1.54, 1.807) is 37.9 Å². The summed E-state index contributed by atoms with van der Waals surface area (Å²) in [5.74, 6) is 1.83. The summed E-state index contributed by atoms with van der Waals surface area (Å²) in [4.78, 5) is 60.3. The molecule has 1 aromatic carbocycles. The number of rotatable bonds is 3. The monoisotopic (exact) mass is 592 g/mol. The molecule has 0 atom stereocenters. The number of aryl methyl sites for hydroxylation is 3. The Morgan fingerprint density at radius 2 is 1.43 bits per heavy atom. The average molecular weight is 593 g/mol. The van der Waals surface area contributed by atoms with Gasteiger partial charge in [-0.15, -0.1) is 0 Å². The zero-order valence-electron chi connectivity index (χ0n) is 24.2. The number of H-pyrrole nitrogens is 1. The van der Waals surface area contributed by atoms with Crippen LogP contribution in [-0.4, -0.2) is 37.8 Å². The van der Waals surface area contributed by atoms with Crippen molar-refractivity contribution in [2.75, 3.05) is 0 Å². The molecule has 4 aromatic heterocycles. The average Bonchev–Trinajstić information content (AvgIpc) is 3.59. The van der Waals surface area contributed by atoms with E-state index >= 15 is 0 Å². The minimum atomic E-state index is -0.397. The fraction of sp³-hybridized carbons (Fsp3) is 0.379. The first-order chi connectivity index (χ1) is 20.0. The number of benzene rings is 1. The highest BCUT2D eigenvalue weighted by Gasteiger charge is 2.21. The van der Waals surface area contributed by atoms with E-state index in [1.165, 1.54) is 42.5 Å². The highest BCUT2D eigenvalue weighted by Crippen LogP contribution is 2.31. The van der Waals surface area contributed by atoms with Gasteiger partial charge in [0, 0.05) is 46.2 Å². The van der Waals surface area contributed by atoms with Gasteiger partial charge in [-0.25, -0.2) is 19.6 Å². The van der Waals surface area contributed by atoms with E-state index in [0.717, 1.165) is 33.4 Å². The summed E-state index contributed by atoms with van der Waals surface area (Å²) in [7, 11) is 7.94. The Labute approximate surface area is 245 Å². The van der Waals surface area contributed by atoms with Crippen LogP contribution in [0.3, 0.4) is 0 Å². The van der Waals surface area contributed by atoms with Crippen LogP contribution in [-0.2, 0) is 35.2 Å². The number of nitrogens with one attached hydrogen (secondary N) is 1. The van der Waals surface area contributed by atoms with Crippen LogP contribution in [0.2, 0.25) is 5.02 Å². The van der Waals surface area contributed by atoms with Gasteiger partial charge in [-0.05, 0) is 36.6 Å². The number of hydrogen-bond donors (Lipinski definition) is 1. The van der Waals surface area contributed by atoms with Crippen LogP contribution in [0, 0.1) is 0 Å². The van der Waals surface area contributed by atoms with Crippen molar-refractivity contribution in [3.8, 4) is 0 Å². The van der Waals surface area contributed by atoms with Crippen LogP contribution in [0.5, 0.6) is 0 Å². The summed E-state index contributed by atoms with van der Waals surface area (Å²) in [5, 5.41) is 0.647. The van der Waals surface area contributed by atoms with Crippen molar-refractivity contribution in [1.82, 2.24) is 37.8 Å². The molecule has 6 rings (SSSR count).